The Morgan fingerprint density at radius 2 is 1.31 bits per heavy atom. The van der Waals surface area contributed by atoms with Crippen LogP contribution in [0.25, 0.3) is 0 Å². The highest BCUT2D eigenvalue weighted by molar-refractivity contribution is 5.95. The van der Waals surface area contributed by atoms with E-state index in [0.29, 0.717) is 29.3 Å². The molecule has 462 valence electrons. The van der Waals surface area contributed by atoms with Gasteiger partial charge in [0.05, 0.1) is 30.3 Å². The number of ether oxygens (including phenoxy) is 1. The number of aliphatic hydroxyl groups excluding tert-OH is 5. The van der Waals surface area contributed by atoms with E-state index >= 15 is 0 Å². The predicted molar refractivity (Wildman–Crippen MR) is 317 cm³/mol. The summed E-state index contributed by atoms with van der Waals surface area (Å²) in [5.41, 5.74) is -8.59. The number of fused-ring (bicyclic) bond motifs is 8. The molecular formula is C68H112O13. The molecule has 9 aliphatic carbocycles. The lowest BCUT2D eigenvalue weighted by Gasteiger charge is -2.58. The fourth-order valence-corrected chi connectivity index (χ4v) is 16.6. The third-order valence-electron chi connectivity index (χ3n) is 22.8. The lowest BCUT2D eigenvalue weighted by atomic mass is 9.53. The van der Waals surface area contributed by atoms with E-state index in [-0.39, 0.29) is 47.9 Å². The molecule has 1 saturated heterocycles. The van der Waals surface area contributed by atoms with Crippen LogP contribution in [0.5, 0.6) is 0 Å². The van der Waals surface area contributed by atoms with Crippen molar-refractivity contribution in [2.45, 2.75) is 276 Å². The third-order valence-corrected chi connectivity index (χ3v) is 22.8. The SMILES string of the molecule is C1CCC1.C1CCC1.C=C(C)[C@]1(O)C[C@@H](C)[C@@]2(O)C(C3O[C@]3(CO)[C@@H](O)[C@]3(O)C(=O)[C@@H](C)C(C/C=C\C)C23)[C@H]1O.CC1=C[C@]23C(=O)[C@@H](C=C(CO)[C@@H](O)[C@]2(O)[C@H]1C)[C@H]1[C@@H](C[C@H]3C)C1(C)C.CCCCCCCCCCCCCC(C)=O. The first kappa shape index (κ1) is 67.7. The van der Waals surface area contributed by atoms with E-state index in [1.165, 1.54) is 116 Å². The molecule has 1 aliphatic heterocycles. The normalized spacial score (nSPS) is 43.4. The van der Waals surface area contributed by atoms with E-state index < -0.39 is 99.8 Å². The van der Waals surface area contributed by atoms with Crippen molar-refractivity contribution in [3.05, 3.63) is 47.6 Å². The van der Waals surface area contributed by atoms with Crippen molar-refractivity contribution in [3.63, 3.8) is 0 Å². The molecular weight excluding hydrogens is 1020 g/mol. The minimum Gasteiger partial charge on any atom is -0.393 e. The van der Waals surface area contributed by atoms with Crippen LogP contribution in [0.2, 0.25) is 0 Å². The molecule has 13 heteroatoms. The Morgan fingerprint density at radius 1 is 0.778 bits per heavy atom. The predicted octanol–water partition coefficient (Wildman–Crippen LogP) is 10.2. The van der Waals surface area contributed by atoms with Gasteiger partial charge in [-0.05, 0) is 99.5 Å². The summed E-state index contributed by atoms with van der Waals surface area (Å²) < 4.78 is 5.72. The first-order valence-corrected chi connectivity index (χ1v) is 32.2. The molecule has 10 rings (SSSR count). The number of hydrogen-bond donors (Lipinski definition) is 9. The van der Waals surface area contributed by atoms with Crippen molar-refractivity contribution in [2.75, 3.05) is 13.2 Å². The summed E-state index contributed by atoms with van der Waals surface area (Å²) in [6.07, 6.45) is 30.7. The Hall–Kier alpha value is -2.43. The first-order chi connectivity index (χ1) is 38.1. The van der Waals surface area contributed by atoms with E-state index in [9.17, 15) is 60.3 Å². The van der Waals surface area contributed by atoms with Gasteiger partial charge < -0.3 is 55.5 Å². The zero-order chi connectivity index (χ0) is 60.3. The highest BCUT2D eigenvalue weighted by Crippen LogP contribution is 2.72. The number of ketones is 3. The number of hydrogen-bond acceptors (Lipinski definition) is 13. The van der Waals surface area contributed by atoms with Crippen molar-refractivity contribution >= 4 is 17.3 Å². The lowest BCUT2D eigenvalue weighted by molar-refractivity contribution is -0.261. The van der Waals surface area contributed by atoms with Gasteiger partial charge in [0.2, 0.25) is 0 Å². The van der Waals surface area contributed by atoms with Crippen molar-refractivity contribution in [1.82, 2.24) is 0 Å². The summed E-state index contributed by atoms with van der Waals surface area (Å²) in [6, 6.07) is 0. The number of allylic oxidation sites excluding steroid dienone is 3. The van der Waals surface area contributed by atoms with Crippen LogP contribution in [0.4, 0.5) is 0 Å². The van der Waals surface area contributed by atoms with Crippen molar-refractivity contribution in [1.29, 1.82) is 0 Å². The van der Waals surface area contributed by atoms with Crippen LogP contribution in [0, 0.1) is 70.0 Å². The molecule has 0 aromatic heterocycles. The summed E-state index contributed by atoms with van der Waals surface area (Å²) in [6.45, 7) is 23.8. The van der Waals surface area contributed by atoms with Gasteiger partial charge in [0.1, 0.15) is 40.9 Å². The number of rotatable bonds is 17. The zero-order valence-electron chi connectivity index (χ0n) is 51.9. The summed E-state index contributed by atoms with van der Waals surface area (Å²) in [4.78, 5) is 38.0. The Bertz CT molecular complexity index is 2250. The molecule has 20 atom stereocenters. The standard InChI is InChI=1S/C24H36O8.C21H30O4.C15H30O.2C4H8/c1-6-7-8-14-13(5)17(26)24(31)16(14)23(30)12(4)9-21(29,11(2)3)18(27)15(23)19-22(10-25,32-19)20(24)28;1-10-8-20-11(2)6-15-16(19(15,4)5)14(18(20)24)7-13(9-22)17(23)21(20,25)12(10)3;1-3-4-5-6-7-8-9-10-11-12-13-14-15(2)16;2*1-2-4-3-1/h6-7,12-16,18-20,25,27-31H,2,8-10H2,1,3-5H3;7-8,11-12,14-17,22-23,25H,6,9H2,1-5H3;3-14H2,1-2H3;2*1-4H2/b7-6-;;;;/t12-,13+,14?,15?,16?,18-,19?,20-,21-,22+,23-,24-;11-,12+,14+,15-,16+,17-,20+,21-;;;/m11.../s1. The van der Waals surface area contributed by atoms with Crippen molar-refractivity contribution in [3.8, 4) is 0 Å². The average Bonchev–Trinajstić information content (AvgIpc) is 2.44. The van der Waals surface area contributed by atoms with Gasteiger partial charge in [-0.25, -0.2) is 0 Å². The highest BCUT2D eigenvalue weighted by atomic mass is 16.6. The Kier molecular flexibility index (Phi) is 22.6. The average molecular weight is 1140 g/mol. The van der Waals surface area contributed by atoms with Gasteiger partial charge in [0.15, 0.2) is 17.2 Å². The lowest BCUT2D eigenvalue weighted by Crippen LogP contribution is -2.71. The van der Waals surface area contributed by atoms with Gasteiger partial charge in [-0.2, -0.15) is 0 Å². The highest BCUT2D eigenvalue weighted by Gasteiger charge is 2.85. The molecule has 9 N–H and O–H groups in total. The van der Waals surface area contributed by atoms with E-state index in [4.69, 9.17) is 4.74 Å². The topological polar surface area (TPSA) is 246 Å². The Morgan fingerprint density at radius 3 is 1.78 bits per heavy atom. The molecule has 8 fully saturated rings. The van der Waals surface area contributed by atoms with Gasteiger partial charge in [0, 0.05) is 36.0 Å². The minimum atomic E-state index is -2.38. The molecule has 2 bridgehead atoms. The number of epoxide rings is 1. The Balaban J connectivity index is 0.000000190. The fraction of sp³-hybridized carbons (Fsp3) is 0.838. The van der Waals surface area contributed by atoms with Crippen LogP contribution in [0.3, 0.4) is 0 Å². The number of carbonyl (C=O) groups excluding carboxylic acids is 3. The van der Waals surface area contributed by atoms with Crippen LogP contribution in [0.15, 0.2) is 47.6 Å². The van der Waals surface area contributed by atoms with Gasteiger partial charge in [-0.15, -0.1) is 0 Å². The maximum absolute atomic E-state index is 13.8. The molecule has 0 aromatic rings. The van der Waals surface area contributed by atoms with Crippen molar-refractivity contribution in [2.24, 2.45) is 70.0 Å². The van der Waals surface area contributed by atoms with Gasteiger partial charge >= 0.3 is 0 Å². The van der Waals surface area contributed by atoms with Crippen LogP contribution in [0.1, 0.15) is 224 Å². The second kappa shape index (κ2) is 27.1. The second-order valence-electron chi connectivity index (χ2n) is 28.0. The van der Waals surface area contributed by atoms with E-state index in [2.05, 4.69) is 34.3 Å². The minimum absolute atomic E-state index is 0.0341. The maximum Gasteiger partial charge on any atom is 0.170 e. The number of aliphatic hydroxyl groups is 9. The van der Waals surface area contributed by atoms with Crippen LogP contribution >= 0.6 is 0 Å². The maximum atomic E-state index is 13.8. The summed E-state index contributed by atoms with van der Waals surface area (Å²) in [5, 5.41) is 101. The molecule has 7 saturated carbocycles. The zero-order valence-corrected chi connectivity index (χ0v) is 51.9. The molecule has 0 aromatic carbocycles. The third kappa shape index (κ3) is 12.1. The fourth-order valence-electron chi connectivity index (χ4n) is 16.6. The van der Waals surface area contributed by atoms with Gasteiger partial charge in [-0.3, -0.25) is 9.59 Å². The van der Waals surface area contributed by atoms with Gasteiger partial charge in [0.25, 0.3) is 0 Å². The van der Waals surface area contributed by atoms with Crippen LogP contribution in [-0.4, -0.2) is 129 Å². The van der Waals surface area contributed by atoms with Gasteiger partial charge in [-0.1, -0.05) is 200 Å². The summed E-state index contributed by atoms with van der Waals surface area (Å²) in [7, 11) is 0. The van der Waals surface area contributed by atoms with E-state index in [0.717, 1.165) is 24.8 Å². The summed E-state index contributed by atoms with van der Waals surface area (Å²) >= 11 is 0. The second-order valence-corrected chi connectivity index (χ2v) is 28.0. The number of unbranched alkanes of at least 4 members (excludes halogenated alkanes) is 10. The largest absolute Gasteiger partial charge is 0.393 e. The molecule has 0 amide bonds. The van der Waals surface area contributed by atoms with Crippen LogP contribution in [-0.2, 0) is 19.1 Å². The number of Topliss-reactive ketones (excluding diaryl/α,β-unsaturated/α-hetero) is 3. The molecule has 1 heterocycles. The van der Waals surface area contributed by atoms with Crippen molar-refractivity contribution < 1.29 is 65.1 Å². The van der Waals surface area contributed by atoms with E-state index in [1.807, 2.05) is 39.0 Å². The quantitative estimate of drug-likeness (QED) is 0.0374. The smallest absolute Gasteiger partial charge is 0.170 e. The monoisotopic (exact) mass is 1140 g/mol. The molecule has 0 radical (unpaired) electrons. The molecule has 1 spiro atoms. The molecule has 10 aliphatic rings. The van der Waals surface area contributed by atoms with Crippen LogP contribution < -0.4 is 0 Å². The molecule has 81 heavy (non-hydrogen) atoms. The molecule has 13 nitrogen and oxygen atoms in total. The molecule has 4 unspecified atom stereocenters. The number of carbonyl (C=O) groups is 3. The first-order valence-electron chi connectivity index (χ1n) is 32.2. The summed E-state index contributed by atoms with van der Waals surface area (Å²) in [5.74, 6) is -4.48. The Labute approximate surface area is 487 Å². The van der Waals surface area contributed by atoms with E-state index in [1.54, 1.807) is 33.8 Å².